The molecule has 216 valence electrons. The Morgan fingerprint density at radius 1 is 0.857 bits per heavy atom. The topological polar surface area (TPSA) is 76.7 Å². The number of ether oxygens (including phenoxy) is 2. The second-order valence-electron chi connectivity index (χ2n) is 9.43. The fourth-order valence-corrected chi connectivity index (χ4v) is 4.21. The predicted octanol–water partition coefficient (Wildman–Crippen LogP) is 6.01. The molecule has 0 aliphatic heterocycles. The molecule has 0 spiro atoms. The predicted molar refractivity (Wildman–Crippen MR) is 162 cm³/mol. The first-order valence-corrected chi connectivity index (χ1v) is 13.8. The van der Waals surface area contributed by atoms with Gasteiger partial charge in [0.15, 0.2) is 11.5 Å². The molecule has 1 aliphatic carbocycles. The molecule has 0 fully saturated rings. The van der Waals surface area contributed by atoms with Crippen molar-refractivity contribution in [3.05, 3.63) is 125 Å². The normalized spacial score (nSPS) is 12.6. The van der Waals surface area contributed by atoms with Crippen LogP contribution in [-0.4, -0.2) is 29.8 Å². The van der Waals surface area contributed by atoms with Gasteiger partial charge in [0.05, 0.1) is 6.54 Å². The van der Waals surface area contributed by atoms with Crippen LogP contribution in [-0.2, 0) is 22.8 Å². The number of carbonyl (C=O) groups is 2. The number of rotatable bonds is 13. The van der Waals surface area contributed by atoms with Crippen LogP contribution in [0, 0.1) is 11.6 Å². The summed E-state index contributed by atoms with van der Waals surface area (Å²) >= 11 is 5.32. The Morgan fingerprint density at radius 3 is 2.14 bits per heavy atom. The van der Waals surface area contributed by atoms with Crippen LogP contribution >= 0.6 is 12.2 Å². The molecule has 2 amide bonds. The van der Waals surface area contributed by atoms with Crippen LogP contribution in [0.25, 0.3) is 6.08 Å². The number of hydrogen-bond donors (Lipinski definition) is 2. The van der Waals surface area contributed by atoms with Gasteiger partial charge < -0.3 is 20.1 Å². The van der Waals surface area contributed by atoms with E-state index < -0.39 is 5.91 Å². The molecule has 0 bridgehead atoms. The first-order chi connectivity index (χ1) is 20.4. The molecular weight excluding hydrogens is 558 g/mol. The molecule has 0 unspecified atom stereocenters. The minimum atomic E-state index is -0.433. The highest BCUT2D eigenvalue weighted by atomic mass is 32.1. The fraction of sp³-hybridized carbons (Fsp3) is 0.182. The summed E-state index contributed by atoms with van der Waals surface area (Å²) in [5.41, 5.74) is 3.23. The Morgan fingerprint density at radius 2 is 1.50 bits per heavy atom. The molecule has 3 aromatic rings. The van der Waals surface area contributed by atoms with Gasteiger partial charge in [0, 0.05) is 23.9 Å². The number of thiocarbonyl (C=S) groups is 1. The first-order valence-electron chi connectivity index (χ1n) is 13.4. The van der Waals surface area contributed by atoms with Crippen molar-refractivity contribution in [1.29, 1.82) is 0 Å². The van der Waals surface area contributed by atoms with E-state index in [1.807, 2.05) is 18.2 Å². The van der Waals surface area contributed by atoms with Crippen LogP contribution in [0.1, 0.15) is 29.5 Å². The van der Waals surface area contributed by atoms with Gasteiger partial charge >= 0.3 is 0 Å². The van der Waals surface area contributed by atoms with Crippen molar-refractivity contribution in [3.8, 4) is 11.5 Å². The molecule has 0 atom stereocenters. The van der Waals surface area contributed by atoms with Crippen molar-refractivity contribution in [3.63, 3.8) is 0 Å². The smallest absolute Gasteiger partial charge is 0.244 e. The third-order valence-electron chi connectivity index (χ3n) is 6.24. The highest BCUT2D eigenvalue weighted by molar-refractivity contribution is 7.80. The minimum absolute atomic E-state index is 0.158. The third kappa shape index (κ3) is 9.78. The molecule has 3 aromatic carbocycles. The van der Waals surface area contributed by atoms with Gasteiger partial charge in [-0.05, 0) is 71.2 Å². The number of benzene rings is 3. The molecule has 0 saturated carbocycles. The number of carbonyl (C=O) groups excluding carboxylic acids is 2. The highest BCUT2D eigenvalue weighted by Crippen LogP contribution is 2.30. The van der Waals surface area contributed by atoms with Crippen molar-refractivity contribution in [1.82, 2.24) is 10.6 Å². The fourth-order valence-electron chi connectivity index (χ4n) is 3.95. The average Bonchev–Trinajstić information content (AvgIpc) is 3.00. The van der Waals surface area contributed by atoms with E-state index in [9.17, 15) is 18.4 Å². The molecule has 0 saturated heterocycles. The van der Waals surface area contributed by atoms with Gasteiger partial charge in [-0.25, -0.2) is 8.78 Å². The Balaban J connectivity index is 1.32. The molecule has 9 heteroatoms. The van der Waals surface area contributed by atoms with Crippen molar-refractivity contribution >= 4 is 35.0 Å². The molecule has 42 heavy (non-hydrogen) atoms. The van der Waals surface area contributed by atoms with Crippen LogP contribution in [0.3, 0.4) is 0 Å². The van der Waals surface area contributed by atoms with Crippen LogP contribution in [0.5, 0.6) is 11.5 Å². The van der Waals surface area contributed by atoms with E-state index in [2.05, 4.69) is 10.6 Å². The highest BCUT2D eigenvalue weighted by Gasteiger charge is 2.10. The summed E-state index contributed by atoms with van der Waals surface area (Å²) in [5, 5.41) is 5.35. The summed E-state index contributed by atoms with van der Waals surface area (Å²) in [5.74, 6) is -0.555. The van der Waals surface area contributed by atoms with Gasteiger partial charge in [-0.3, -0.25) is 9.59 Å². The molecule has 1 aliphatic rings. The Kier molecular flexibility index (Phi) is 11.1. The molecule has 0 aromatic heterocycles. The number of halogens is 2. The maximum Gasteiger partial charge on any atom is 0.244 e. The zero-order valence-corrected chi connectivity index (χ0v) is 23.6. The van der Waals surface area contributed by atoms with E-state index in [1.54, 1.807) is 48.5 Å². The maximum absolute atomic E-state index is 13.3. The standard InChI is InChI=1S/C33H30F2N2O4S/c34-27-11-5-24(6-12-27)21-40-29-15-9-23(19-30(29)41-22-25-7-13-28(35)14-8-25)10-16-32(38)37-20-33(39)36-18-17-26-3-1-2-4-31(26)42/h1-3,5-16,19H,4,17-18,20-22H2,(H,36,39)(H,37,38)/b16-10+. The van der Waals surface area contributed by atoms with Crippen LogP contribution in [0.15, 0.2) is 96.6 Å². The van der Waals surface area contributed by atoms with Crippen molar-refractivity contribution < 1.29 is 27.8 Å². The molecule has 4 rings (SSSR count). The summed E-state index contributed by atoms with van der Waals surface area (Å²) in [4.78, 5) is 25.3. The van der Waals surface area contributed by atoms with Crippen LogP contribution < -0.4 is 20.1 Å². The van der Waals surface area contributed by atoms with Gasteiger partial charge in [-0.15, -0.1) is 0 Å². The minimum Gasteiger partial charge on any atom is -0.485 e. The SMILES string of the molecule is O=C(/C=C/c1ccc(OCc2ccc(F)cc2)c(OCc2ccc(F)cc2)c1)NCC(=O)NCCC1=CC=CCC1=S. The lowest BCUT2D eigenvalue weighted by molar-refractivity contribution is -0.123. The largest absolute Gasteiger partial charge is 0.485 e. The van der Waals surface area contributed by atoms with Gasteiger partial charge in [0.1, 0.15) is 24.8 Å². The van der Waals surface area contributed by atoms with E-state index in [4.69, 9.17) is 21.7 Å². The first kappa shape index (κ1) is 30.3. The zero-order valence-electron chi connectivity index (χ0n) is 22.8. The van der Waals surface area contributed by atoms with Gasteiger partial charge in [0.25, 0.3) is 0 Å². The number of nitrogens with one attached hydrogen (secondary N) is 2. The van der Waals surface area contributed by atoms with E-state index in [0.717, 1.165) is 28.0 Å². The van der Waals surface area contributed by atoms with Crippen LogP contribution in [0.4, 0.5) is 8.78 Å². The van der Waals surface area contributed by atoms with Crippen molar-refractivity contribution in [2.45, 2.75) is 26.1 Å². The maximum atomic E-state index is 13.3. The van der Waals surface area contributed by atoms with Crippen molar-refractivity contribution in [2.24, 2.45) is 0 Å². The molecular formula is C33H30F2N2O4S. The van der Waals surface area contributed by atoms with E-state index in [0.29, 0.717) is 30.0 Å². The second-order valence-corrected chi connectivity index (χ2v) is 9.93. The van der Waals surface area contributed by atoms with E-state index in [-0.39, 0.29) is 37.3 Å². The van der Waals surface area contributed by atoms with Gasteiger partial charge in [-0.1, -0.05) is 60.8 Å². The molecule has 0 heterocycles. The summed E-state index contributed by atoms with van der Waals surface area (Å²) in [6.07, 6.45) is 10.2. The molecule has 2 N–H and O–H groups in total. The van der Waals surface area contributed by atoms with Gasteiger partial charge in [0.2, 0.25) is 11.8 Å². The molecule has 6 nitrogen and oxygen atoms in total. The Labute approximate surface area is 248 Å². The van der Waals surface area contributed by atoms with Crippen molar-refractivity contribution in [2.75, 3.05) is 13.1 Å². The lowest BCUT2D eigenvalue weighted by atomic mass is 10.0. The summed E-state index contributed by atoms with van der Waals surface area (Å²) in [7, 11) is 0. The average molecular weight is 589 g/mol. The van der Waals surface area contributed by atoms with E-state index >= 15 is 0 Å². The number of allylic oxidation sites excluding steroid dienone is 3. The monoisotopic (exact) mass is 588 g/mol. The Hall–Kier alpha value is -4.63. The zero-order chi connectivity index (χ0) is 29.7. The quantitative estimate of drug-likeness (QED) is 0.189. The number of amides is 2. The summed E-state index contributed by atoms with van der Waals surface area (Å²) < 4.78 is 38.4. The molecule has 0 radical (unpaired) electrons. The summed E-state index contributed by atoms with van der Waals surface area (Å²) in [6, 6.07) is 17.1. The van der Waals surface area contributed by atoms with Gasteiger partial charge in [-0.2, -0.15) is 0 Å². The lowest BCUT2D eigenvalue weighted by Gasteiger charge is -2.14. The Bertz CT molecular complexity index is 1500. The number of hydrogen-bond acceptors (Lipinski definition) is 5. The summed E-state index contributed by atoms with van der Waals surface area (Å²) in [6.45, 7) is 0.624. The van der Waals surface area contributed by atoms with Crippen LogP contribution in [0.2, 0.25) is 0 Å². The second kappa shape index (κ2) is 15.4. The third-order valence-corrected chi connectivity index (χ3v) is 6.67. The van der Waals surface area contributed by atoms with E-state index in [1.165, 1.54) is 30.3 Å². The lowest BCUT2D eigenvalue weighted by Crippen LogP contribution is -2.36.